The molecule has 1 unspecified atom stereocenters. The van der Waals surface area contributed by atoms with E-state index < -0.39 is 0 Å². The predicted molar refractivity (Wildman–Crippen MR) is 70.2 cm³/mol. The van der Waals surface area contributed by atoms with E-state index in [9.17, 15) is 4.79 Å². The van der Waals surface area contributed by atoms with Crippen molar-refractivity contribution in [2.45, 2.75) is 44.9 Å². The van der Waals surface area contributed by atoms with Gasteiger partial charge in [-0.3, -0.25) is 4.79 Å². The Kier molecular flexibility index (Phi) is 3.71. The average molecular weight is 280 g/mol. The highest BCUT2D eigenvalue weighted by atomic mass is 16.5. The van der Waals surface area contributed by atoms with E-state index in [1.165, 1.54) is 0 Å². The largest absolute Gasteiger partial charge is 0.372 e. The number of carbonyl (C=O) groups excluding carboxylic acids is 1. The molecule has 1 N–H and O–H groups in total. The van der Waals surface area contributed by atoms with Crippen molar-refractivity contribution in [3.63, 3.8) is 0 Å². The van der Waals surface area contributed by atoms with Crippen molar-refractivity contribution in [1.29, 1.82) is 0 Å². The molecular weight excluding hydrogens is 260 g/mol. The van der Waals surface area contributed by atoms with Gasteiger partial charge in [0, 0.05) is 13.1 Å². The van der Waals surface area contributed by atoms with Gasteiger partial charge >= 0.3 is 0 Å². The molecule has 2 aliphatic rings. The van der Waals surface area contributed by atoms with Gasteiger partial charge < -0.3 is 19.5 Å². The van der Waals surface area contributed by atoms with Crippen LogP contribution < -0.4 is 5.32 Å². The summed E-state index contributed by atoms with van der Waals surface area (Å²) in [4.78, 5) is 18.4. The molecular formula is C13H20N4O3. The third kappa shape index (κ3) is 2.69. The lowest BCUT2D eigenvalue weighted by Crippen LogP contribution is -2.48. The average Bonchev–Trinajstić information content (AvgIpc) is 3.07. The Morgan fingerprint density at radius 2 is 2.10 bits per heavy atom. The van der Waals surface area contributed by atoms with Crippen molar-refractivity contribution in [3.05, 3.63) is 11.7 Å². The van der Waals surface area contributed by atoms with Crippen molar-refractivity contribution in [3.8, 4) is 0 Å². The third-order valence-electron chi connectivity index (χ3n) is 3.70. The molecule has 0 aromatic carbocycles. The van der Waals surface area contributed by atoms with Gasteiger partial charge in [-0.05, 0) is 33.2 Å². The first-order valence-electron chi connectivity index (χ1n) is 7.15. The van der Waals surface area contributed by atoms with Crippen LogP contribution in [0.4, 0.5) is 0 Å². The van der Waals surface area contributed by atoms with E-state index in [1.807, 2.05) is 13.8 Å². The summed E-state index contributed by atoms with van der Waals surface area (Å²) in [7, 11) is 0. The quantitative estimate of drug-likeness (QED) is 0.860. The van der Waals surface area contributed by atoms with Crippen LogP contribution in [0, 0.1) is 0 Å². The van der Waals surface area contributed by atoms with E-state index >= 15 is 0 Å². The predicted octanol–water partition coefficient (Wildman–Crippen LogP) is 0.743. The summed E-state index contributed by atoms with van der Waals surface area (Å²) in [6.07, 6.45) is 2.13. The highest BCUT2D eigenvalue weighted by Crippen LogP contribution is 2.21. The number of rotatable bonds is 2. The number of nitrogens with one attached hydrogen (secondary N) is 1. The number of hydrogen-bond donors (Lipinski definition) is 1. The zero-order chi connectivity index (χ0) is 14.1. The Bertz CT molecular complexity index is 474. The van der Waals surface area contributed by atoms with E-state index in [4.69, 9.17) is 9.26 Å². The fraction of sp³-hybridized carbons (Fsp3) is 0.769. The van der Waals surface area contributed by atoms with Crippen LogP contribution in [0.5, 0.6) is 0 Å². The van der Waals surface area contributed by atoms with Crippen molar-refractivity contribution < 1.29 is 14.1 Å². The van der Waals surface area contributed by atoms with E-state index in [2.05, 4.69) is 15.5 Å². The van der Waals surface area contributed by atoms with Gasteiger partial charge in [0.1, 0.15) is 0 Å². The van der Waals surface area contributed by atoms with Crippen LogP contribution in [-0.2, 0) is 4.74 Å². The fourth-order valence-corrected chi connectivity index (χ4v) is 2.84. The molecule has 110 valence electrons. The summed E-state index contributed by atoms with van der Waals surface area (Å²) in [5.41, 5.74) is 0. The van der Waals surface area contributed by atoms with Gasteiger partial charge in [0.15, 0.2) is 0 Å². The Morgan fingerprint density at radius 1 is 1.35 bits per heavy atom. The molecule has 20 heavy (non-hydrogen) atoms. The monoisotopic (exact) mass is 280 g/mol. The topological polar surface area (TPSA) is 80.5 Å². The normalized spacial score (nSPS) is 30.7. The summed E-state index contributed by atoms with van der Waals surface area (Å²) >= 11 is 0. The maximum Gasteiger partial charge on any atom is 0.295 e. The molecule has 3 atom stereocenters. The number of aromatic nitrogens is 2. The van der Waals surface area contributed by atoms with Gasteiger partial charge in [-0.2, -0.15) is 4.98 Å². The Balaban J connectivity index is 1.70. The Labute approximate surface area is 117 Å². The smallest absolute Gasteiger partial charge is 0.295 e. The van der Waals surface area contributed by atoms with Crippen LogP contribution in [0.3, 0.4) is 0 Å². The molecule has 0 saturated carbocycles. The second kappa shape index (κ2) is 5.49. The standard InChI is InChI=1S/C13H20N4O3/c1-8-6-17(7-9(2)19-8)13(18)11-15-12(20-16-11)10-4-3-5-14-10/h8-10,14H,3-7H2,1-2H3/t8-,9+,10?. The molecule has 3 rings (SSSR count). The van der Waals surface area contributed by atoms with E-state index in [1.54, 1.807) is 4.90 Å². The summed E-state index contributed by atoms with van der Waals surface area (Å²) < 4.78 is 10.8. The Morgan fingerprint density at radius 3 is 2.75 bits per heavy atom. The molecule has 2 aliphatic heterocycles. The lowest BCUT2D eigenvalue weighted by atomic mass is 10.2. The zero-order valence-electron chi connectivity index (χ0n) is 11.8. The molecule has 7 nitrogen and oxygen atoms in total. The maximum atomic E-state index is 12.4. The van der Waals surface area contributed by atoms with Crippen LogP contribution in [0.2, 0.25) is 0 Å². The molecule has 1 amide bonds. The second-order valence-corrected chi connectivity index (χ2v) is 5.57. The van der Waals surface area contributed by atoms with Gasteiger partial charge in [-0.15, -0.1) is 0 Å². The first-order chi connectivity index (χ1) is 9.63. The number of hydrogen-bond acceptors (Lipinski definition) is 6. The SMILES string of the molecule is C[C@@H]1CN(C(=O)c2noc(C3CCCN3)n2)C[C@H](C)O1. The van der Waals surface area contributed by atoms with Crippen molar-refractivity contribution >= 4 is 5.91 Å². The maximum absolute atomic E-state index is 12.4. The van der Waals surface area contributed by atoms with E-state index in [0.717, 1.165) is 19.4 Å². The van der Waals surface area contributed by atoms with Crippen LogP contribution in [-0.4, -0.2) is 52.8 Å². The van der Waals surface area contributed by atoms with Gasteiger partial charge in [0.05, 0.1) is 18.2 Å². The number of ether oxygens (including phenoxy) is 1. The summed E-state index contributed by atoms with van der Waals surface area (Å²) in [6, 6.07) is 0.0894. The fourth-order valence-electron chi connectivity index (χ4n) is 2.84. The van der Waals surface area contributed by atoms with Crippen molar-refractivity contribution in [2.24, 2.45) is 0 Å². The van der Waals surface area contributed by atoms with Gasteiger partial charge in [-0.25, -0.2) is 0 Å². The number of morpholine rings is 1. The van der Waals surface area contributed by atoms with Gasteiger partial charge in [0.25, 0.3) is 11.7 Å². The lowest BCUT2D eigenvalue weighted by Gasteiger charge is -2.34. The third-order valence-corrected chi connectivity index (χ3v) is 3.70. The van der Waals surface area contributed by atoms with E-state index in [0.29, 0.717) is 19.0 Å². The molecule has 1 aromatic rings. The minimum absolute atomic E-state index is 0.0329. The molecule has 2 fully saturated rings. The van der Waals surface area contributed by atoms with Crippen LogP contribution in [0.25, 0.3) is 0 Å². The molecule has 7 heteroatoms. The summed E-state index contributed by atoms with van der Waals surface area (Å²) in [5, 5.41) is 7.11. The van der Waals surface area contributed by atoms with Crippen LogP contribution >= 0.6 is 0 Å². The summed E-state index contributed by atoms with van der Waals surface area (Å²) in [5.74, 6) is 0.482. The first-order valence-corrected chi connectivity index (χ1v) is 7.15. The molecule has 0 radical (unpaired) electrons. The van der Waals surface area contributed by atoms with Crippen LogP contribution in [0.1, 0.15) is 49.2 Å². The minimum atomic E-state index is -0.181. The highest BCUT2D eigenvalue weighted by Gasteiger charge is 2.30. The highest BCUT2D eigenvalue weighted by molar-refractivity contribution is 5.90. The molecule has 1 aromatic heterocycles. The molecule has 0 bridgehead atoms. The second-order valence-electron chi connectivity index (χ2n) is 5.57. The number of carbonyl (C=O) groups is 1. The number of nitrogens with zero attached hydrogens (tertiary/aromatic N) is 3. The number of amides is 1. The van der Waals surface area contributed by atoms with Gasteiger partial charge in [0.2, 0.25) is 5.89 Å². The summed E-state index contributed by atoms with van der Waals surface area (Å²) in [6.45, 7) is 6.00. The van der Waals surface area contributed by atoms with Crippen molar-refractivity contribution in [1.82, 2.24) is 20.4 Å². The Hall–Kier alpha value is -1.47. The molecule has 3 heterocycles. The van der Waals surface area contributed by atoms with Gasteiger partial charge in [-0.1, -0.05) is 5.16 Å². The van der Waals surface area contributed by atoms with E-state index in [-0.39, 0.29) is 30.0 Å². The molecule has 2 saturated heterocycles. The molecule has 0 aliphatic carbocycles. The van der Waals surface area contributed by atoms with Crippen molar-refractivity contribution in [2.75, 3.05) is 19.6 Å². The zero-order valence-corrected chi connectivity index (χ0v) is 11.8. The first kappa shape index (κ1) is 13.5. The molecule has 0 spiro atoms. The van der Waals surface area contributed by atoms with Crippen LogP contribution in [0.15, 0.2) is 4.52 Å². The lowest BCUT2D eigenvalue weighted by molar-refractivity contribution is -0.0589. The minimum Gasteiger partial charge on any atom is -0.372 e.